The first-order valence-electron chi connectivity index (χ1n) is 7.15. The van der Waals surface area contributed by atoms with Gasteiger partial charge in [-0.25, -0.2) is 17.9 Å². The molecule has 2 aliphatic rings. The summed E-state index contributed by atoms with van der Waals surface area (Å²) >= 11 is 0. The number of urea groups is 1. The molecule has 2 amide bonds. The number of hydrogen-bond acceptors (Lipinski definition) is 7. The van der Waals surface area contributed by atoms with Crippen molar-refractivity contribution in [2.75, 3.05) is 12.4 Å². The highest BCUT2D eigenvalue weighted by molar-refractivity contribution is 7.90. The van der Waals surface area contributed by atoms with Crippen molar-refractivity contribution in [2.24, 2.45) is 11.8 Å². The Balaban J connectivity index is 1.67. The molecule has 1 fully saturated rings. The summed E-state index contributed by atoms with van der Waals surface area (Å²) < 4.78 is 31.6. The molecule has 1 heterocycles. The van der Waals surface area contributed by atoms with Gasteiger partial charge in [0.05, 0.1) is 12.4 Å². The van der Waals surface area contributed by atoms with E-state index in [0.29, 0.717) is 18.2 Å². The lowest BCUT2D eigenvalue weighted by molar-refractivity contribution is 0.256. The first-order valence-corrected chi connectivity index (χ1v) is 8.69. The van der Waals surface area contributed by atoms with Crippen molar-refractivity contribution in [1.82, 2.24) is 19.7 Å². The molecule has 23 heavy (non-hydrogen) atoms. The first kappa shape index (κ1) is 15.7. The van der Waals surface area contributed by atoms with E-state index >= 15 is 0 Å². The average Bonchev–Trinajstić information content (AvgIpc) is 3.08. The van der Waals surface area contributed by atoms with Gasteiger partial charge in [-0.05, 0) is 31.6 Å². The van der Waals surface area contributed by atoms with Gasteiger partial charge in [0.2, 0.25) is 16.0 Å². The molecular weight excluding hydrogens is 322 g/mol. The third kappa shape index (κ3) is 3.26. The number of aromatic nitrogens is 3. The Morgan fingerprint density at radius 3 is 2.65 bits per heavy atom. The van der Waals surface area contributed by atoms with Crippen LogP contribution in [0.5, 0.6) is 6.01 Å². The molecule has 3 unspecified atom stereocenters. The molecule has 0 radical (unpaired) electrons. The quantitative estimate of drug-likeness (QED) is 0.770. The molecule has 10 heteroatoms. The van der Waals surface area contributed by atoms with Gasteiger partial charge in [-0.15, -0.1) is 0 Å². The number of amides is 2. The molecule has 3 rings (SSSR count). The number of methoxy groups -OCH3 is 1. The second kappa shape index (κ2) is 5.76. The summed E-state index contributed by atoms with van der Waals surface area (Å²) in [6, 6.07) is -0.863. The van der Waals surface area contributed by atoms with E-state index in [1.165, 1.54) is 7.11 Å². The highest BCUT2D eigenvalue weighted by Crippen LogP contribution is 2.42. The Hall–Kier alpha value is -2.23. The maximum Gasteiger partial charge on any atom is 0.335 e. The zero-order valence-corrected chi connectivity index (χ0v) is 13.5. The van der Waals surface area contributed by atoms with Crippen LogP contribution in [0.1, 0.15) is 18.7 Å². The van der Waals surface area contributed by atoms with Crippen LogP contribution in [-0.4, -0.2) is 41.8 Å². The molecule has 2 aliphatic carbocycles. The van der Waals surface area contributed by atoms with Gasteiger partial charge < -0.3 is 4.74 Å². The van der Waals surface area contributed by atoms with Crippen molar-refractivity contribution in [1.29, 1.82) is 0 Å². The summed E-state index contributed by atoms with van der Waals surface area (Å²) in [6.07, 6.45) is 5.33. The van der Waals surface area contributed by atoms with Gasteiger partial charge in [0, 0.05) is 0 Å². The molecule has 2 bridgehead atoms. The number of aryl methyl sites for hydroxylation is 1. The van der Waals surface area contributed by atoms with Gasteiger partial charge in [-0.1, -0.05) is 12.2 Å². The van der Waals surface area contributed by atoms with Crippen molar-refractivity contribution in [3.63, 3.8) is 0 Å². The lowest BCUT2D eigenvalue weighted by Gasteiger charge is -2.18. The topological polar surface area (TPSA) is 123 Å². The van der Waals surface area contributed by atoms with E-state index in [0.717, 1.165) is 6.42 Å². The molecule has 2 N–H and O–H groups in total. The van der Waals surface area contributed by atoms with Crippen LogP contribution >= 0.6 is 0 Å². The van der Waals surface area contributed by atoms with Crippen molar-refractivity contribution in [2.45, 2.75) is 25.0 Å². The third-order valence-electron chi connectivity index (χ3n) is 3.99. The van der Waals surface area contributed by atoms with Crippen LogP contribution in [0, 0.1) is 18.8 Å². The summed E-state index contributed by atoms with van der Waals surface area (Å²) in [4.78, 5) is 23.6. The second-order valence-electron chi connectivity index (χ2n) is 5.61. The van der Waals surface area contributed by atoms with E-state index in [-0.39, 0.29) is 17.9 Å². The first-order chi connectivity index (χ1) is 10.9. The van der Waals surface area contributed by atoms with E-state index in [1.54, 1.807) is 6.92 Å². The minimum absolute atomic E-state index is 0.0233. The maximum absolute atomic E-state index is 12.3. The molecule has 1 aromatic heterocycles. The second-order valence-corrected chi connectivity index (χ2v) is 7.51. The Kier molecular flexibility index (Phi) is 3.92. The lowest BCUT2D eigenvalue weighted by Crippen LogP contribution is -2.42. The Morgan fingerprint density at radius 2 is 2.04 bits per heavy atom. The number of rotatable bonds is 4. The summed E-state index contributed by atoms with van der Waals surface area (Å²) in [5, 5.41) is 1.72. The highest BCUT2D eigenvalue weighted by atomic mass is 32.2. The molecule has 0 spiro atoms. The number of ether oxygens (including phenoxy) is 1. The van der Waals surface area contributed by atoms with Crippen LogP contribution in [0.4, 0.5) is 10.7 Å². The smallest absolute Gasteiger partial charge is 0.335 e. The molecule has 1 saturated carbocycles. The number of carbonyl (C=O) groups is 1. The Morgan fingerprint density at radius 1 is 1.26 bits per heavy atom. The Labute approximate surface area is 133 Å². The molecule has 3 atom stereocenters. The standard InChI is InChI=1S/C13H17N5O4S/c1-7-14-11(17-13(15-7)22-2)16-12(19)18-23(20,21)10-6-8-3-4-9(10)5-8/h3-4,8-10H,5-6H2,1-2H3,(H2,14,15,16,17,18,19). The number of fused-ring (bicyclic) bond motifs is 2. The normalized spacial score (nSPS) is 25.4. The highest BCUT2D eigenvalue weighted by Gasteiger charge is 2.43. The minimum atomic E-state index is -3.75. The molecular formula is C13H17N5O4S. The van der Waals surface area contributed by atoms with E-state index < -0.39 is 21.3 Å². The average molecular weight is 339 g/mol. The zero-order valence-electron chi connectivity index (χ0n) is 12.7. The molecule has 1 aromatic rings. The fourth-order valence-corrected chi connectivity index (χ4v) is 4.65. The van der Waals surface area contributed by atoms with Gasteiger partial charge in [-0.2, -0.15) is 15.0 Å². The summed E-state index contributed by atoms with van der Waals surface area (Å²) in [6.45, 7) is 1.60. The van der Waals surface area contributed by atoms with Gasteiger partial charge in [-0.3, -0.25) is 5.32 Å². The van der Waals surface area contributed by atoms with Crippen LogP contribution in [0.3, 0.4) is 0 Å². The van der Waals surface area contributed by atoms with Crippen molar-refractivity contribution < 1.29 is 17.9 Å². The maximum atomic E-state index is 12.3. The molecule has 0 aromatic carbocycles. The molecule has 9 nitrogen and oxygen atoms in total. The number of carbonyl (C=O) groups excluding carboxylic acids is 1. The van der Waals surface area contributed by atoms with Crippen LogP contribution in [-0.2, 0) is 10.0 Å². The predicted molar refractivity (Wildman–Crippen MR) is 81.3 cm³/mol. The minimum Gasteiger partial charge on any atom is -0.467 e. The summed E-state index contributed by atoms with van der Waals surface area (Å²) in [5.74, 6) is 0.535. The Bertz CT molecular complexity index is 764. The summed E-state index contributed by atoms with van der Waals surface area (Å²) in [7, 11) is -2.37. The van der Waals surface area contributed by atoms with Gasteiger partial charge >= 0.3 is 12.0 Å². The van der Waals surface area contributed by atoms with Gasteiger partial charge in [0.25, 0.3) is 0 Å². The predicted octanol–water partition coefficient (Wildman–Crippen LogP) is 0.605. The molecule has 0 aliphatic heterocycles. The van der Waals surface area contributed by atoms with E-state index in [1.807, 2.05) is 16.9 Å². The van der Waals surface area contributed by atoms with E-state index in [9.17, 15) is 13.2 Å². The van der Waals surface area contributed by atoms with Crippen LogP contribution in [0.25, 0.3) is 0 Å². The van der Waals surface area contributed by atoms with Crippen LogP contribution in [0.2, 0.25) is 0 Å². The zero-order chi connectivity index (χ0) is 16.6. The van der Waals surface area contributed by atoms with E-state index in [2.05, 4.69) is 20.3 Å². The SMILES string of the molecule is COc1nc(C)nc(NC(=O)NS(=O)(=O)C2CC3C=CC2C3)n1. The van der Waals surface area contributed by atoms with Crippen molar-refractivity contribution in [3.05, 3.63) is 18.0 Å². The van der Waals surface area contributed by atoms with Gasteiger partial charge in [0.15, 0.2) is 0 Å². The number of anilines is 1. The van der Waals surface area contributed by atoms with Gasteiger partial charge in [0.1, 0.15) is 5.82 Å². The van der Waals surface area contributed by atoms with Crippen molar-refractivity contribution >= 4 is 22.0 Å². The number of sulfonamides is 1. The largest absolute Gasteiger partial charge is 0.467 e. The number of hydrogen-bond donors (Lipinski definition) is 2. The van der Waals surface area contributed by atoms with Crippen LogP contribution in [0.15, 0.2) is 12.2 Å². The van der Waals surface area contributed by atoms with Crippen molar-refractivity contribution in [3.8, 4) is 6.01 Å². The summed E-state index contributed by atoms with van der Waals surface area (Å²) in [5.41, 5.74) is 0. The molecule has 124 valence electrons. The monoisotopic (exact) mass is 339 g/mol. The fourth-order valence-electron chi connectivity index (χ4n) is 3.02. The number of nitrogens with one attached hydrogen (secondary N) is 2. The van der Waals surface area contributed by atoms with E-state index in [4.69, 9.17) is 4.74 Å². The number of nitrogens with zero attached hydrogens (tertiary/aromatic N) is 3. The molecule has 0 saturated heterocycles. The number of allylic oxidation sites excluding steroid dienone is 2. The lowest BCUT2D eigenvalue weighted by atomic mass is 10.1. The third-order valence-corrected chi connectivity index (χ3v) is 5.80. The van der Waals surface area contributed by atoms with Crippen LogP contribution < -0.4 is 14.8 Å². The fraction of sp³-hybridized carbons (Fsp3) is 0.538.